The number of hydrogen-bond donors (Lipinski definition) is 0. The molecule has 1 aromatic heterocycles. The topological polar surface area (TPSA) is 72.4 Å². The van der Waals surface area contributed by atoms with Gasteiger partial charge in [0.15, 0.2) is 0 Å². The lowest BCUT2D eigenvalue weighted by atomic mass is 10.1. The monoisotopic (exact) mass is 251 g/mol. The van der Waals surface area contributed by atoms with Crippen molar-refractivity contribution >= 4 is 11.9 Å². The summed E-state index contributed by atoms with van der Waals surface area (Å²) in [6, 6.07) is 1.67. The van der Waals surface area contributed by atoms with Gasteiger partial charge in [0.05, 0.1) is 24.1 Å². The highest BCUT2D eigenvalue weighted by molar-refractivity contribution is 5.96. The summed E-state index contributed by atoms with van der Waals surface area (Å²) in [5, 5.41) is 7.77. The molecule has 18 heavy (non-hydrogen) atoms. The molecule has 1 aromatic rings. The molecule has 0 bridgehead atoms. The quantitative estimate of drug-likeness (QED) is 0.737. The molecule has 0 aliphatic rings. The van der Waals surface area contributed by atoms with Gasteiger partial charge in [0.25, 0.3) is 5.91 Å². The van der Waals surface area contributed by atoms with Crippen LogP contribution in [0.5, 0.6) is 0 Å². The van der Waals surface area contributed by atoms with Crippen LogP contribution in [0.15, 0.2) is 6.07 Å². The number of likely N-dealkylation sites (N-methyl/N-ethyl adjacent to an activating group) is 1. The summed E-state index contributed by atoms with van der Waals surface area (Å²) in [4.78, 5) is 24.9. The molecule has 0 aromatic carbocycles. The minimum Gasteiger partial charge on any atom is -0.468 e. The van der Waals surface area contributed by atoms with Gasteiger partial charge in [-0.25, -0.2) is 0 Å². The number of aryl methyl sites for hydroxylation is 2. The number of nitrogens with zero attached hydrogens (tertiary/aromatic N) is 3. The van der Waals surface area contributed by atoms with E-state index in [0.29, 0.717) is 23.5 Å². The predicted octanol–water partition coefficient (Wildman–Crippen LogP) is 0.729. The van der Waals surface area contributed by atoms with Crippen LogP contribution in [-0.4, -0.2) is 47.2 Å². The highest BCUT2D eigenvalue weighted by atomic mass is 16.5. The summed E-state index contributed by atoms with van der Waals surface area (Å²) in [6.45, 7) is 5.64. The second-order valence-corrected chi connectivity index (χ2v) is 3.88. The Bertz CT molecular complexity index is 460. The van der Waals surface area contributed by atoms with Crippen LogP contribution in [0, 0.1) is 13.8 Å². The third-order valence-electron chi connectivity index (χ3n) is 2.55. The zero-order valence-corrected chi connectivity index (χ0v) is 11.1. The Balaban J connectivity index is 2.96. The molecule has 1 heterocycles. The van der Waals surface area contributed by atoms with Crippen molar-refractivity contribution in [2.24, 2.45) is 0 Å². The number of amides is 1. The Morgan fingerprint density at radius 1 is 1.33 bits per heavy atom. The van der Waals surface area contributed by atoms with E-state index in [4.69, 9.17) is 0 Å². The lowest BCUT2D eigenvalue weighted by Crippen LogP contribution is -2.36. The summed E-state index contributed by atoms with van der Waals surface area (Å²) in [6.07, 6.45) is 0. The molecule has 0 aliphatic heterocycles. The first-order valence-electron chi connectivity index (χ1n) is 5.66. The smallest absolute Gasteiger partial charge is 0.325 e. The average Bonchev–Trinajstić information content (AvgIpc) is 2.37. The SMILES string of the molecule is CCN(CC(=O)OC)C(=O)c1cc(C)nnc1C. The number of esters is 1. The van der Waals surface area contributed by atoms with E-state index in [1.807, 2.05) is 0 Å². The zero-order valence-electron chi connectivity index (χ0n) is 11.1. The molecule has 0 spiro atoms. The van der Waals surface area contributed by atoms with Crippen molar-refractivity contribution in [2.45, 2.75) is 20.8 Å². The lowest BCUT2D eigenvalue weighted by molar-refractivity contribution is -0.141. The average molecular weight is 251 g/mol. The number of carbonyl (C=O) groups excluding carboxylic acids is 2. The number of rotatable bonds is 4. The lowest BCUT2D eigenvalue weighted by Gasteiger charge is -2.20. The van der Waals surface area contributed by atoms with Gasteiger partial charge in [0.1, 0.15) is 6.54 Å². The summed E-state index contributed by atoms with van der Waals surface area (Å²) < 4.78 is 4.56. The van der Waals surface area contributed by atoms with Gasteiger partial charge in [-0.1, -0.05) is 0 Å². The molecule has 6 heteroatoms. The van der Waals surface area contributed by atoms with Crippen molar-refractivity contribution in [3.05, 3.63) is 23.0 Å². The number of methoxy groups -OCH3 is 1. The minimum absolute atomic E-state index is 0.0629. The Kier molecular flexibility index (Phi) is 4.76. The molecular formula is C12H17N3O3. The third-order valence-corrected chi connectivity index (χ3v) is 2.55. The number of carbonyl (C=O) groups is 2. The molecule has 0 saturated carbocycles. The summed E-state index contributed by atoms with van der Waals surface area (Å²) in [5.74, 6) is -0.681. The van der Waals surface area contributed by atoms with Crippen molar-refractivity contribution in [1.29, 1.82) is 0 Å². The van der Waals surface area contributed by atoms with Gasteiger partial charge in [-0.15, -0.1) is 0 Å². The second-order valence-electron chi connectivity index (χ2n) is 3.88. The van der Waals surface area contributed by atoms with Crippen molar-refractivity contribution in [3.8, 4) is 0 Å². The normalized spacial score (nSPS) is 10.0. The molecule has 0 N–H and O–H groups in total. The van der Waals surface area contributed by atoms with Crippen LogP contribution in [-0.2, 0) is 9.53 Å². The van der Waals surface area contributed by atoms with Crippen LogP contribution in [0.2, 0.25) is 0 Å². The third kappa shape index (κ3) is 3.26. The molecule has 0 radical (unpaired) electrons. The Morgan fingerprint density at radius 2 is 2.00 bits per heavy atom. The van der Waals surface area contributed by atoms with Crippen LogP contribution in [0.3, 0.4) is 0 Å². The van der Waals surface area contributed by atoms with E-state index in [2.05, 4.69) is 14.9 Å². The van der Waals surface area contributed by atoms with Crippen LogP contribution in [0.1, 0.15) is 28.7 Å². The largest absolute Gasteiger partial charge is 0.468 e. The molecule has 1 amide bonds. The molecule has 0 saturated heterocycles. The molecule has 98 valence electrons. The zero-order chi connectivity index (χ0) is 13.7. The Morgan fingerprint density at radius 3 is 2.56 bits per heavy atom. The fourth-order valence-electron chi connectivity index (χ4n) is 1.48. The fraction of sp³-hybridized carbons (Fsp3) is 0.500. The molecule has 0 fully saturated rings. The van der Waals surface area contributed by atoms with Crippen LogP contribution < -0.4 is 0 Å². The van der Waals surface area contributed by atoms with Gasteiger partial charge in [0, 0.05) is 6.54 Å². The first kappa shape index (κ1) is 14.1. The predicted molar refractivity (Wildman–Crippen MR) is 65.1 cm³/mol. The van der Waals surface area contributed by atoms with Gasteiger partial charge in [0.2, 0.25) is 0 Å². The van der Waals surface area contributed by atoms with Gasteiger partial charge < -0.3 is 9.64 Å². The summed E-state index contributed by atoms with van der Waals surface area (Å²) in [5.41, 5.74) is 1.68. The van der Waals surface area contributed by atoms with Crippen LogP contribution >= 0.6 is 0 Å². The van der Waals surface area contributed by atoms with E-state index in [9.17, 15) is 9.59 Å². The van der Waals surface area contributed by atoms with Crippen molar-refractivity contribution in [1.82, 2.24) is 15.1 Å². The minimum atomic E-state index is -0.443. The van der Waals surface area contributed by atoms with E-state index in [1.54, 1.807) is 26.8 Å². The summed E-state index contributed by atoms with van der Waals surface area (Å²) >= 11 is 0. The Hall–Kier alpha value is -1.98. The maximum atomic E-state index is 12.3. The highest BCUT2D eigenvalue weighted by Gasteiger charge is 2.20. The van der Waals surface area contributed by atoms with Gasteiger partial charge >= 0.3 is 5.97 Å². The molecular weight excluding hydrogens is 234 g/mol. The van der Waals surface area contributed by atoms with Crippen LogP contribution in [0.25, 0.3) is 0 Å². The van der Waals surface area contributed by atoms with E-state index in [1.165, 1.54) is 12.0 Å². The molecule has 0 aliphatic carbocycles. The Labute approximate surface area is 106 Å². The molecule has 1 rings (SSSR count). The summed E-state index contributed by atoms with van der Waals surface area (Å²) in [7, 11) is 1.30. The van der Waals surface area contributed by atoms with Gasteiger partial charge in [-0.2, -0.15) is 10.2 Å². The van der Waals surface area contributed by atoms with Crippen LogP contribution in [0.4, 0.5) is 0 Å². The van der Waals surface area contributed by atoms with Gasteiger partial charge in [-0.05, 0) is 26.8 Å². The van der Waals surface area contributed by atoms with E-state index in [0.717, 1.165) is 0 Å². The second kappa shape index (κ2) is 6.09. The van der Waals surface area contributed by atoms with Gasteiger partial charge in [-0.3, -0.25) is 9.59 Å². The first-order valence-corrected chi connectivity index (χ1v) is 5.66. The van der Waals surface area contributed by atoms with Crippen molar-refractivity contribution in [2.75, 3.05) is 20.2 Å². The van der Waals surface area contributed by atoms with Crippen molar-refractivity contribution < 1.29 is 14.3 Å². The van der Waals surface area contributed by atoms with E-state index < -0.39 is 5.97 Å². The maximum absolute atomic E-state index is 12.3. The number of aromatic nitrogens is 2. The highest BCUT2D eigenvalue weighted by Crippen LogP contribution is 2.09. The van der Waals surface area contributed by atoms with E-state index >= 15 is 0 Å². The van der Waals surface area contributed by atoms with E-state index in [-0.39, 0.29) is 12.5 Å². The molecule has 0 atom stereocenters. The van der Waals surface area contributed by atoms with Crippen molar-refractivity contribution in [3.63, 3.8) is 0 Å². The standard InChI is InChI=1S/C12H17N3O3/c1-5-15(7-11(16)18-4)12(17)10-6-8(2)13-14-9(10)3/h6H,5,7H2,1-4H3. The number of ether oxygens (including phenoxy) is 1. The maximum Gasteiger partial charge on any atom is 0.325 e. The molecule has 0 unspecified atom stereocenters. The number of hydrogen-bond acceptors (Lipinski definition) is 5. The fourth-order valence-corrected chi connectivity index (χ4v) is 1.48. The molecule has 6 nitrogen and oxygen atoms in total. The first-order chi connectivity index (χ1) is 8.49.